The fourth-order valence-electron chi connectivity index (χ4n) is 2.20. The van der Waals surface area contributed by atoms with Gasteiger partial charge in [0.15, 0.2) is 0 Å². The first kappa shape index (κ1) is 10.7. The highest BCUT2D eigenvalue weighted by molar-refractivity contribution is 5.14. The Morgan fingerprint density at radius 1 is 1.33 bits per heavy atom. The lowest BCUT2D eigenvalue weighted by Crippen LogP contribution is -2.30. The molecular weight excluding hydrogens is 184 g/mol. The number of nitrogens with one attached hydrogen (secondary N) is 1. The molecule has 0 saturated carbocycles. The van der Waals surface area contributed by atoms with Gasteiger partial charge in [0, 0.05) is 19.1 Å². The van der Waals surface area contributed by atoms with E-state index in [0.717, 1.165) is 0 Å². The number of likely N-dealkylation sites (N-methyl/N-ethyl adjacent to an activating group) is 1. The molecule has 0 aliphatic carbocycles. The summed E-state index contributed by atoms with van der Waals surface area (Å²) in [6, 6.07) is 11.5. The van der Waals surface area contributed by atoms with Gasteiger partial charge in [-0.2, -0.15) is 0 Å². The first-order valence-electron chi connectivity index (χ1n) is 5.82. The van der Waals surface area contributed by atoms with Crippen LogP contribution in [0.2, 0.25) is 0 Å². The number of nitrogens with zero attached hydrogens (tertiary/aromatic N) is 1. The van der Waals surface area contributed by atoms with Crippen LogP contribution in [0.15, 0.2) is 30.3 Å². The van der Waals surface area contributed by atoms with Gasteiger partial charge in [0.25, 0.3) is 0 Å². The Morgan fingerprint density at radius 3 is 2.80 bits per heavy atom. The fourth-order valence-corrected chi connectivity index (χ4v) is 2.20. The van der Waals surface area contributed by atoms with Gasteiger partial charge in [-0.05, 0) is 32.0 Å². The predicted octanol–water partition coefficient (Wildman–Crippen LogP) is 1.52. The Kier molecular flexibility index (Phi) is 3.75. The Hall–Kier alpha value is -0.860. The summed E-state index contributed by atoms with van der Waals surface area (Å²) in [6.45, 7) is 3.66. The zero-order valence-electron chi connectivity index (χ0n) is 9.45. The molecule has 0 radical (unpaired) electrons. The molecule has 0 bridgehead atoms. The fraction of sp³-hybridized carbons (Fsp3) is 0.538. The second-order valence-electron chi connectivity index (χ2n) is 4.31. The first-order valence-corrected chi connectivity index (χ1v) is 5.82. The summed E-state index contributed by atoms with van der Waals surface area (Å²) in [7, 11) is 2.06. The van der Waals surface area contributed by atoms with Crippen LogP contribution in [0, 0.1) is 0 Å². The lowest BCUT2D eigenvalue weighted by Gasteiger charge is -2.15. The zero-order valence-corrected chi connectivity index (χ0v) is 9.45. The minimum atomic E-state index is 0.709. The molecule has 1 N–H and O–H groups in total. The van der Waals surface area contributed by atoms with Gasteiger partial charge in [-0.3, -0.25) is 0 Å². The molecule has 2 nitrogen and oxygen atoms in total. The molecule has 1 aromatic carbocycles. The Bertz CT molecular complexity index is 284. The van der Waals surface area contributed by atoms with Crippen LogP contribution in [0.3, 0.4) is 0 Å². The number of rotatable bonds is 4. The van der Waals surface area contributed by atoms with Crippen LogP contribution in [0.5, 0.6) is 0 Å². The molecule has 1 fully saturated rings. The minimum absolute atomic E-state index is 0.709. The van der Waals surface area contributed by atoms with Crippen LogP contribution in [-0.4, -0.2) is 37.6 Å². The van der Waals surface area contributed by atoms with Gasteiger partial charge >= 0.3 is 0 Å². The third-order valence-electron chi connectivity index (χ3n) is 3.24. The quantitative estimate of drug-likeness (QED) is 0.800. The molecule has 1 aliphatic heterocycles. The Labute approximate surface area is 92.3 Å². The van der Waals surface area contributed by atoms with E-state index in [0.29, 0.717) is 6.04 Å². The normalized spacial score (nSPS) is 22.1. The number of likely N-dealkylation sites (tertiary alicyclic amines) is 1. The van der Waals surface area contributed by atoms with E-state index >= 15 is 0 Å². The van der Waals surface area contributed by atoms with Gasteiger partial charge < -0.3 is 10.2 Å². The summed E-state index contributed by atoms with van der Waals surface area (Å²) in [5.41, 5.74) is 1.45. The zero-order chi connectivity index (χ0) is 10.5. The second-order valence-corrected chi connectivity index (χ2v) is 4.31. The maximum absolute atomic E-state index is 3.35. The Balaban J connectivity index is 1.75. The lowest BCUT2D eigenvalue weighted by atomic mass is 10.1. The van der Waals surface area contributed by atoms with E-state index < -0.39 is 0 Å². The van der Waals surface area contributed by atoms with Crippen molar-refractivity contribution in [1.82, 2.24) is 10.2 Å². The van der Waals surface area contributed by atoms with E-state index in [1.54, 1.807) is 0 Å². The molecule has 2 rings (SSSR count). The van der Waals surface area contributed by atoms with E-state index in [4.69, 9.17) is 0 Å². The SMILES string of the molecule is CN[C@H]1CCN(CCc2ccccc2)C1. The average molecular weight is 204 g/mol. The van der Waals surface area contributed by atoms with Crippen LogP contribution in [0.4, 0.5) is 0 Å². The van der Waals surface area contributed by atoms with E-state index in [1.165, 1.54) is 38.0 Å². The van der Waals surface area contributed by atoms with Crippen molar-refractivity contribution in [2.45, 2.75) is 18.9 Å². The van der Waals surface area contributed by atoms with Crippen molar-refractivity contribution in [3.63, 3.8) is 0 Å². The molecule has 0 unspecified atom stereocenters. The highest BCUT2D eigenvalue weighted by Crippen LogP contribution is 2.09. The third-order valence-corrected chi connectivity index (χ3v) is 3.24. The number of hydrogen-bond acceptors (Lipinski definition) is 2. The van der Waals surface area contributed by atoms with E-state index in [2.05, 4.69) is 47.6 Å². The molecule has 0 amide bonds. The summed E-state index contributed by atoms with van der Waals surface area (Å²) in [4.78, 5) is 2.55. The molecule has 1 heterocycles. The van der Waals surface area contributed by atoms with Gasteiger partial charge in [0.05, 0.1) is 0 Å². The maximum atomic E-state index is 3.35. The summed E-state index contributed by atoms with van der Waals surface area (Å²) in [6.07, 6.45) is 2.47. The average Bonchev–Trinajstić information content (AvgIpc) is 2.76. The van der Waals surface area contributed by atoms with Crippen LogP contribution in [0.25, 0.3) is 0 Å². The third kappa shape index (κ3) is 3.05. The van der Waals surface area contributed by atoms with E-state index in [9.17, 15) is 0 Å². The van der Waals surface area contributed by atoms with Crippen molar-refractivity contribution in [1.29, 1.82) is 0 Å². The summed E-state index contributed by atoms with van der Waals surface area (Å²) in [5.74, 6) is 0. The molecule has 15 heavy (non-hydrogen) atoms. The lowest BCUT2D eigenvalue weighted by molar-refractivity contribution is 0.334. The first-order chi connectivity index (χ1) is 7.38. The van der Waals surface area contributed by atoms with Crippen molar-refractivity contribution >= 4 is 0 Å². The van der Waals surface area contributed by atoms with Crippen LogP contribution >= 0.6 is 0 Å². The van der Waals surface area contributed by atoms with Gasteiger partial charge in [-0.1, -0.05) is 30.3 Å². The molecular formula is C13H20N2. The highest BCUT2D eigenvalue weighted by atomic mass is 15.2. The van der Waals surface area contributed by atoms with Crippen molar-refractivity contribution < 1.29 is 0 Å². The number of benzene rings is 1. The maximum Gasteiger partial charge on any atom is 0.0204 e. The second kappa shape index (κ2) is 5.29. The van der Waals surface area contributed by atoms with E-state index in [-0.39, 0.29) is 0 Å². The van der Waals surface area contributed by atoms with Crippen LogP contribution < -0.4 is 5.32 Å². The molecule has 1 atom stereocenters. The molecule has 0 aromatic heterocycles. The molecule has 1 aromatic rings. The van der Waals surface area contributed by atoms with E-state index in [1.807, 2.05) is 0 Å². The predicted molar refractivity (Wildman–Crippen MR) is 64.1 cm³/mol. The molecule has 2 heteroatoms. The van der Waals surface area contributed by atoms with Crippen molar-refractivity contribution in [2.75, 3.05) is 26.7 Å². The monoisotopic (exact) mass is 204 g/mol. The van der Waals surface area contributed by atoms with Crippen molar-refractivity contribution in [3.05, 3.63) is 35.9 Å². The highest BCUT2D eigenvalue weighted by Gasteiger charge is 2.19. The smallest absolute Gasteiger partial charge is 0.0204 e. The standard InChI is InChI=1S/C13H20N2/c1-14-13-8-10-15(11-13)9-7-12-5-3-2-4-6-12/h2-6,13-14H,7-11H2,1H3/t13-/m0/s1. The topological polar surface area (TPSA) is 15.3 Å². The van der Waals surface area contributed by atoms with Crippen molar-refractivity contribution in [3.8, 4) is 0 Å². The summed E-state index contributed by atoms with van der Waals surface area (Å²) >= 11 is 0. The van der Waals surface area contributed by atoms with Gasteiger partial charge in [-0.15, -0.1) is 0 Å². The molecule has 1 aliphatic rings. The minimum Gasteiger partial charge on any atom is -0.316 e. The van der Waals surface area contributed by atoms with Gasteiger partial charge in [0.2, 0.25) is 0 Å². The largest absolute Gasteiger partial charge is 0.316 e. The summed E-state index contributed by atoms with van der Waals surface area (Å²) < 4.78 is 0. The van der Waals surface area contributed by atoms with Gasteiger partial charge in [-0.25, -0.2) is 0 Å². The van der Waals surface area contributed by atoms with Crippen LogP contribution in [-0.2, 0) is 6.42 Å². The summed E-state index contributed by atoms with van der Waals surface area (Å²) in [5, 5.41) is 3.35. The molecule has 0 spiro atoms. The van der Waals surface area contributed by atoms with Crippen molar-refractivity contribution in [2.24, 2.45) is 0 Å². The van der Waals surface area contributed by atoms with Gasteiger partial charge in [0.1, 0.15) is 0 Å². The Morgan fingerprint density at radius 2 is 2.13 bits per heavy atom. The molecule has 82 valence electrons. The molecule has 1 saturated heterocycles. The van der Waals surface area contributed by atoms with Crippen LogP contribution in [0.1, 0.15) is 12.0 Å². The number of hydrogen-bond donors (Lipinski definition) is 1.